The fraction of sp³-hybridized carbons (Fsp3) is 0.385. The molecule has 6 heteroatoms. The summed E-state index contributed by atoms with van der Waals surface area (Å²) in [6.07, 6.45) is 0. The smallest absolute Gasteiger partial charge is 0.337 e. The number of esters is 1. The molecule has 0 aromatic heterocycles. The van der Waals surface area contributed by atoms with E-state index in [-0.39, 0.29) is 6.61 Å². The van der Waals surface area contributed by atoms with Crippen molar-refractivity contribution in [2.24, 2.45) is 0 Å². The van der Waals surface area contributed by atoms with Crippen LogP contribution >= 0.6 is 0 Å². The topological polar surface area (TPSA) is 76.1 Å². The van der Waals surface area contributed by atoms with Gasteiger partial charge in [0, 0.05) is 12.2 Å². The molecule has 0 radical (unpaired) electrons. The summed E-state index contributed by atoms with van der Waals surface area (Å²) in [5.41, 5.74) is 1.08. The van der Waals surface area contributed by atoms with Crippen molar-refractivity contribution in [3.05, 3.63) is 29.8 Å². The summed E-state index contributed by atoms with van der Waals surface area (Å²) in [5, 5.41) is 9.18. The van der Waals surface area contributed by atoms with E-state index < -0.39 is 18.0 Å². The van der Waals surface area contributed by atoms with Gasteiger partial charge in [-0.15, -0.1) is 0 Å². The summed E-state index contributed by atoms with van der Waals surface area (Å²) in [6.45, 7) is 1.08. The zero-order chi connectivity index (χ0) is 13.8. The standard InChI is InChI=1S/C13H15NO5/c1-18-13(17)9-3-2-4-10(7-9)14-5-6-19-8-11(14)12(15)16/h2-4,7,11H,5-6,8H2,1H3,(H,15,16). The molecule has 1 N–H and O–H groups in total. The summed E-state index contributed by atoms with van der Waals surface area (Å²) in [6, 6.07) is 6.00. The van der Waals surface area contributed by atoms with E-state index in [0.717, 1.165) is 0 Å². The predicted octanol–water partition coefficient (Wildman–Crippen LogP) is 0.763. The number of rotatable bonds is 3. The van der Waals surface area contributed by atoms with Crippen LogP contribution in [0.25, 0.3) is 0 Å². The highest BCUT2D eigenvalue weighted by Crippen LogP contribution is 2.21. The number of ether oxygens (including phenoxy) is 2. The van der Waals surface area contributed by atoms with Crippen LogP contribution in [0.3, 0.4) is 0 Å². The van der Waals surface area contributed by atoms with Crippen molar-refractivity contribution in [2.45, 2.75) is 6.04 Å². The van der Waals surface area contributed by atoms with Crippen molar-refractivity contribution in [2.75, 3.05) is 31.8 Å². The number of methoxy groups -OCH3 is 1. The summed E-state index contributed by atoms with van der Waals surface area (Å²) >= 11 is 0. The lowest BCUT2D eigenvalue weighted by Gasteiger charge is -2.34. The van der Waals surface area contributed by atoms with E-state index in [2.05, 4.69) is 4.74 Å². The van der Waals surface area contributed by atoms with Gasteiger partial charge in [-0.3, -0.25) is 0 Å². The van der Waals surface area contributed by atoms with Gasteiger partial charge in [0.15, 0.2) is 6.04 Å². The van der Waals surface area contributed by atoms with Gasteiger partial charge in [0.1, 0.15) is 0 Å². The SMILES string of the molecule is COC(=O)c1cccc(N2CCOCC2C(=O)O)c1. The summed E-state index contributed by atoms with van der Waals surface area (Å²) in [4.78, 5) is 24.4. The van der Waals surface area contributed by atoms with Crippen LogP contribution in [0.4, 0.5) is 5.69 Å². The molecule has 1 atom stereocenters. The molecule has 1 saturated heterocycles. The number of carbonyl (C=O) groups is 2. The Morgan fingerprint density at radius 1 is 1.47 bits per heavy atom. The first-order chi connectivity index (χ1) is 9.13. The van der Waals surface area contributed by atoms with E-state index in [9.17, 15) is 14.7 Å². The maximum absolute atomic E-state index is 11.5. The molecule has 1 aliphatic rings. The molecule has 1 aromatic rings. The van der Waals surface area contributed by atoms with Gasteiger partial charge < -0.3 is 19.5 Å². The van der Waals surface area contributed by atoms with Crippen LogP contribution < -0.4 is 4.90 Å². The first-order valence-corrected chi connectivity index (χ1v) is 5.89. The van der Waals surface area contributed by atoms with Gasteiger partial charge in [-0.25, -0.2) is 9.59 Å². The molecule has 19 heavy (non-hydrogen) atoms. The highest BCUT2D eigenvalue weighted by Gasteiger charge is 2.29. The Balaban J connectivity index is 2.29. The van der Waals surface area contributed by atoms with E-state index in [0.29, 0.717) is 24.4 Å². The Bertz CT molecular complexity index is 488. The number of carbonyl (C=O) groups excluding carboxylic acids is 1. The number of hydrogen-bond acceptors (Lipinski definition) is 5. The Labute approximate surface area is 110 Å². The maximum atomic E-state index is 11.5. The lowest BCUT2D eigenvalue weighted by molar-refractivity contribution is -0.141. The number of aliphatic carboxylic acids is 1. The van der Waals surface area contributed by atoms with Gasteiger partial charge in [-0.05, 0) is 18.2 Å². The van der Waals surface area contributed by atoms with Crippen LogP contribution in [-0.4, -0.2) is 50.0 Å². The number of benzene rings is 1. The maximum Gasteiger partial charge on any atom is 0.337 e. The second-order valence-corrected chi connectivity index (χ2v) is 4.16. The molecular weight excluding hydrogens is 250 g/mol. The van der Waals surface area contributed by atoms with Crippen molar-refractivity contribution in [1.29, 1.82) is 0 Å². The van der Waals surface area contributed by atoms with Crippen LogP contribution in [0.2, 0.25) is 0 Å². The van der Waals surface area contributed by atoms with Crippen LogP contribution in [0.1, 0.15) is 10.4 Å². The average molecular weight is 265 g/mol. The normalized spacial score (nSPS) is 19.0. The van der Waals surface area contributed by atoms with Gasteiger partial charge in [-0.1, -0.05) is 6.07 Å². The molecule has 1 unspecified atom stereocenters. The van der Waals surface area contributed by atoms with Crippen molar-refractivity contribution in [3.63, 3.8) is 0 Å². The number of morpholine rings is 1. The van der Waals surface area contributed by atoms with Gasteiger partial charge in [0.2, 0.25) is 0 Å². The number of hydrogen-bond donors (Lipinski definition) is 1. The number of nitrogens with zero attached hydrogens (tertiary/aromatic N) is 1. The minimum absolute atomic E-state index is 0.137. The first kappa shape index (κ1) is 13.4. The molecule has 0 spiro atoms. The molecule has 102 valence electrons. The first-order valence-electron chi connectivity index (χ1n) is 5.89. The van der Waals surface area contributed by atoms with E-state index in [1.807, 2.05) is 0 Å². The molecule has 0 saturated carbocycles. The number of carboxylic acid groups (broad SMARTS) is 1. The molecule has 1 aliphatic heterocycles. The summed E-state index contributed by atoms with van der Waals surface area (Å²) < 4.78 is 9.83. The fourth-order valence-electron chi connectivity index (χ4n) is 2.05. The van der Waals surface area contributed by atoms with E-state index in [4.69, 9.17) is 4.74 Å². The van der Waals surface area contributed by atoms with Gasteiger partial charge >= 0.3 is 11.9 Å². The number of carboxylic acids is 1. The summed E-state index contributed by atoms with van der Waals surface area (Å²) in [5.74, 6) is -1.38. The molecule has 1 aromatic carbocycles. The van der Waals surface area contributed by atoms with Crippen LogP contribution in [0.15, 0.2) is 24.3 Å². The highest BCUT2D eigenvalue weighted by molar-refractivity contribution is 5.90. The fourth-order valence-corrected chi connectivity index (χ4v) is 2.05. The summed E-state index contributed by atoms with van der Waals surface area (Å²) in [7, 11) is 1.31. The Kier molecular flexibility index (Phi) is 4.01. The molecule has 0 bridgehead atoms. The van der Waals surface area contributed by atoms with Gasteiger partial charge in [0.05, 0.1) is 25.9 Å². The molecule has 0 aliphatic carbocycles. The third-order valence-electron chi connectivity index (χ3n) is 3.01. The molecular formula is C13H15NO5. The predicted molar refractivity (Wildman–Crippen MR) is 67.4 cm³/mol. The second-order valence-electron chi connectivity index (χ2n) is 4.16. The van der Waals surface area contributed by atoms with Crippen molar-refractivity contribution >= 4 is 17.6 Å². The molecule has 1 heterocycles. The van der Waals surface area contributed by atoms with Crippen LogP contribution in [-0.2, 0) is 14.3 Å². The monoisotopic (exact) mass is 265 g/mol. The Morgan fingerprint density at radius 2 is 2.26 bits per heavy atom. The van der Waals surface area contributed by atoms with Crippen molar-refractivity contribution < 1.29 is 24.2 Å². The second kappa shape index (κ2) is 5.71. The zero-order valence-electron chi connectivity index (χ0n) is 10.5. The van der Waals surface area contributed by atoms with E-state index in [1.165, 1.54) is 7.11 Å². The van der Waals surface area contributed by atoms with Crippen LogP contribution in [0.5, 0.6) is 0 Å². The quantitative estimate of drug-likeness (QED) is 0.813. The van der Waals surface area contributed by atoms with E-state index in [1.54, 1.807) is 29.2 Å². The van der Waals surface area contributed by atoms with Gasteiger partial charge in [0.25, 0.3) is 0 Å². The molecule has 6 nitrogen and oxygen atoms in total. The molecule has 0 amide bonds. The third kappa shape index (κ3) is 2.85. The van der Waals surface area contributed by atoms with Gasteiger partial charge in [-0.2, -0.15) is 0 Å². The minimum atomic E-state index is -0.942. The molecule has 1 fully saturated rings. The highest BCUT2D eigenvalue weighted by atomic mass is 16.5. The Hall–Kier alpha value is -2.08. The molecule has 2 rings (SSSR count). The minimum Gasteiger partial charge on any atom is -0.480 e. The third-order valence-corrected chi connectivity index (χ3v) is 3.01. The average Bonchev–Trinajstić information content (AvgIpc) is 2.46. The van der Waals surface area contributed by atoms with Crippen molar-refractivity contribution in [1.82, 2.24) is 0 Å². The number of anilines is 1. The van der Waals surface area contributed by atoms with Crippen molar-refractivity contribution in [3.8, 4) is 0 Å². The largest absolute Gasteiger partial charge is 0.480 e. The lowest BCUT2D eigenvalue weighted by Crippen LogP contribution is -2.50. The van der Waals surface area contributed by atoms with E-state index >= 15 is 0 Å². The Morgan fingerprint density at radius 3 is 2.95 bits per heavy atom. The zero-order valence-corrected chi connectivity index (χ0v) is 10.5. The lowest BCUT2D eigenvalue weighted by atomic mass is 10.1. The van der Waals surface area contributed by atoms with Crippen LogP contribution in [0, 0.1) is 0 Å².